The highest BCUT2D eigenvalue weighted by Crippen LogP contribution is 2.27. The SMILES string of the molecule is CCC(C)(OC)c1nc(N2CCCC(N)C2C)n[nH]1. The van der Waals surface area contributed by atoms with Crippen LogP contribution in [0.25, 0.3) is 0 Å². The van der Waals surface area contributed by atoms with Gasteiger partial charge in [-0.3, -0.25) is 5.10 Å². The van der Waals surface area contributed by atoms with E-state index in [9.17, 15) is 0 Å². The lowest BCUT2D eigenvalue weighted by Gasteiger charge is -2.36. The third kappa shape index (κ3) is 2.60. The highest BCUT2D eigenvalue weighted by molar-refractivity contribution is 5.33. The quantitative estimate of drug-likeness (QED) is 0.861. The third-order valence-electron chi connectivity index (χ3n) is 4.40. The molecule has 6 heteroatoms. The van der Waals surface area contributed by atoms with E-state index in [-0.39, 0.29) is 12.1 Å². The van der Waals surface area contributed by atoms with Crippen LogP contribution in [0.15, 0.2) is 0 Å². The first-order chi connectivity index (χ1) is 9.01. The summed E-state index contributed by atoms with van der Waals surface area (Å²) in [4.78, 5) is 6.79. The maximum atomic E-state index is 6.12. The number of anilines is 1. The topological polar surface area (TPSA) is 80.1 Å². The Balaban J connectivity index is 2.21. The molecule has 0 spiro atoms. The Hall–Kier alpha value is -1.14. The molecular weight excluding hydrogens is 242 g/mol. The average molecular weight is 267 g/mol. The highest BCUT2D eigenvalue weighted by atomic mass is 16.5. The average Bonchev–Trinajstić information content (AvgIpc) is 2.91. The van der Waals surface area contributed by atoms with E-state index in [0.29, 0.717) is 0 Å². The summed E-state index contributed by atoms with van der Waals surface area (Å²) in [6.07, 6.45) is 3.00. The molecule has 0 amide bonds. The number of ether oxygens (including phenoxy) is 1. The summed E-state index contributed by atoms with van der Waals surface area (Å²) in [6, 6.07) is 0.462. The maximum Gasteiger partial charge on any atom is 0.245 e. The van der Waals surface area contributed by atoms with Crippen LogP contribution in [0.2, 0.25) is 0 Å². The molecule has 1 aromatic heterocycles. The molecule has 1 aliphatic heterocycles. The van der Waals surface area contributed by atoms with Crippen molar-refractivity contribution in [2.45, 2.75) is 57.7 Å². The van der Waals surface area contributed by atoms with Crippen molar-refractivity contribution in [3.05, 3.63) is 5.82 Å². The molecule has 3 N–H and O–H groups in total. The first-order valence-corrected chi connectivity index (χ1v) is 7.02. The minimum absolute atomic E-state index is 0.190. The number of aromatic nitrogens is 3. The van der Waals surface area contributed by atoms with Gasteiger partial charge in [-0.05, 0) is 33.1 Å². The van der Waals surface area contributed by atoms with Gasteiger partial charge in [-0.25, -0.2) is 0 Å². The minimum Gasteiger partial charge on any atom is -0.371 e. The van der Waals surface area contributed by atoms with Crippen LogP contribution in [0.4, 0.5) is 5.95 Å². The third-order valence-corrected chi connectivity index (χ3v) is 4.40. The largest absolute Gasteiger partial charge is 0.371 e. The van der Waals surface area contributed by atoms with Gasteiger partial charge in [0.2, 0.25) is 5.95 Å². The second-order valence-electron chi connectivity index (χ2n) is 5.51. The van der Waals surface area contributed by atoms with Crippen LogP contribution in [0.1, 0.15) is 45.9 Å². The number of nitrogens with one attached hydrogen (secondary N) is 1. The lowest BCUT2D eigenvalue weighted by molar-refractivity contribution is -0.00865. The molecule has 1 aromatic rings. The number of rotatable bonds is 4. The van der Waals surface area contributed by atoms with Gasteiger partial charge < -0.3 is 15.4 Å². The molecule has 0 aliphatic carbocycles. The second kappa shape index (κ2) is 5.46. The van der Waals surface area contributed by atoms with Crippen molar-refractivity contribution in [1.82, 2.24) is 15.2 Å². The molecule has 19 heavy (non-hydrogen) atoms. The molecule has 2 rings (SSSR count). The van der Waals surface area contributed by atoms with E-state index in [0.717, 1.165) is 37.6 Å². The Morgan fingerprint density at radius 2 is 2.32 bits per heavy atom. The molecule has 1 saturated heterocycles. The second-order valence-corrected chi connectivity index (χ2v) is 5.51. The van der Waals surface area contributed by atoms with Crippen LogP contribution in [0, 0.1) is 0 Å². The molecular formula is C13H25N5O. The van der Waals surface area contributed by atoms with Crippen molar-refractivity contribution < 1.29 is 4.74 Å². The monoisotopic (exact) mass is 267 g/mol. The summed E-state index contributed by atoms with van der Waals surface area (Å²) in [5.41, 5.74) is 5.71. The van der Waals surface area contributed by atoms with Crippen LogP contribution in [0.5, 0.6) is 0 Å². The van der Waals surface area contributed by atoms with Crippen molar-refractivity contribution in [2.24, 2.45) is 5.73 Å². The summed E-state index contributed by atoms with van der Waals surface area (Å²) < 4.78 is 5.54. The van der Waals surface area contributed by atoms with Gasteiger partial charge in [0.15, 0.2) is 5.82 Å². The number of nitrogens with two attached hydrogens (primary N) is 1. The number of aromatic amines is 1. The Kier molecular flexibility index (Phi) is 4.10. The summed E-state index contributed by atoms with van der Waals surface area (Å²) in [5.74, 6) is 1.51. The summed E-state index contributed by atoms with van der Waals surface area (Å²) in [6.45, 7) is 7.19. The van der Waals surface area contributed by atoms with Crippen molar-refractivity contribution >= 4 is 5.95 Å². The first-order valence-electron chi connectivity index (χ1n) is 7.02. The minimum atomic E-state index is -0.410. The van der Waals surface area contributed by atoms with E-state index in [1.165, 1.54) is 0 Å². The Labute approximate surface area is 114 Å². The predicted molar refractivity (Wildman–Crippen MR) is 75.1 cm³/mol. The molecule has 1 aliphatic rings. The number of hydrogen-bond donors (Lipinski definition) is 2. The Morgan fingerprint density at radius 3 is 2.95 bits per heavy atom. The highest BCUT2D eigenvalue weighted by Gasteiger charge is 2.32. The maximum absolute atomic E-state index is 6.12. The molecule has 0 saturated carbocycles. The van der Waals surface area contributed by atoms with Gasteiger partial charge >= 0.3 is 0 Å². The van der Waals surface area contributed by atoms with E-state index < -0.39 is 5.60 Å². The normalized spacial score (nSPS) is 27.3. The number of hydrogen-bond acceptors (Lipinski definition) is 5. The zero-order valence-corrected chi connectivity index (χ0v) is 12.3. The van der Waals surface area contributed by atoms with Gasteiger partial charge in [0.05, 0.1) is 0 Å². The summed E-state index contributed by atoms with van der Waals surface area (Å²) in [5, 5.41) is 7.35. The van der Waals surface area contributed by atoms with Gasteiger partial charge in [-0.15, -0.1) is 5.10 Å². The van der Waals surface area contributed by atoms with Crippen LogP contribution < -0.4 is 10.6 Å². The zero-order valence-electron chi connectivity index (χ0n) is 12.3. The fourth-order valence-corrected chi connectivity index (χ4v) is 2.48. The van der Waals surface area contributed by atoms with E-state index in [2.05, 4.69) is 33.9 Å². The van der Waals surface area contributed by atoms with Crippen molar-refractivity contribution in [3.63, 3.8) is 0 Å². The lowest BCUT2D eigenvalue weighted by Crippen LogP contribution is -2.51. The standard InChI is InChI=1S/C13H25N5O/c1-5-13(3,19-4)11-15-12(17-16-11)18-8-6-7-10(14)9(18)2/h9-10H,5-8,14H2,1-4H3,(H,15,16,17). The van der Waals surface area contributed by atoms with Crippen molar-refractivity contribution in [2.75, 3.05) is 18.6 Å². The van der Waals surface area contributed by atoms with Gasteiger partial charge in [0, 0.05) is 25.7 Å². The number of nitrogens with zero attached hydrogens (tertiary/aromatic N) is 3. The van der Waals surface area contributed by atoms with Crippen LogP contribution in [0.3, 0.4) is 0 Å². The number of piperidine rings is 1. The van der Waals surface area contributed by atoms with Crippen LogP contribution in [-0.2, 0) is 10.3 Å². The van der Waals surface area contributed by atoms with E-state index >= 15 is 0 Å². The molecule has 0 radical (unpaired) electrons. The number of H-pyrrole nitrogens is 1. The summed E-state index contributed by atoms with van der Waals surface area (Å²) >= 11 is 0. The number of methoxy groups -OCH3 is 1. The molecule has 0 aromatic carbocycles. The van der Waals surface area contributed by atoms with E-state index in [1.807, 2.05) is 6.92 Å². The van der Waals surface area contributed by atoms with Crippen LogP contribution >= 0.6 is 0 Å². The Morgan fingerprint density at radius 1 is 1.58 bits per heavy atom. The molecule has 2 heterocycles. The summed E-state index contributed by atoms with van der Waals surface area (Å²) in [7, 11) is 1.70. The zero-order chi connectivity index (χ0) is 14.0. The van der Waals surface area contributed by atoms with Crippen LogP contribution in [-0.4, -0.2) is 40.9 Å². The van der Waals surface area contributed by atoms with E-state index in [1.54, 1.807) is 7.11 Å². The van der Waals surface area contributed by atoms with Crippen molar-refractivity contribution in [3.8, 4) is 0 Å². The molecule has 0 bridgehead atoms. The lowest BCUT2D eigenvalue weighted by atomic mass is 9.99. The van der Waals surface area contributed by atoms with Crippen molar-refractivity contribution in [1.29, 1.82) is 0 Å². The van der Waals surface area contributed by atoms with Gasteiger partial charge in [-0.1, -0.05) is 6.92 Å². The van der Waals surface area contributed by atoms with Gasteiger partial charge in [0.1, 0.15) is 5.60 Å². The van der Waals surface area contributed by atoms with Gasteiger partial charge in [-0.2, -0.15) is 4.98 Å². The van der Waals surface area contributed by atoms with Gasteiger partial charge in [0.25, 0.3) is 0 Å². The molecule has 108 valence electrons. The molecule has 3 unspecified atom stereocenters. The molecule has 6 nitrogen and oxygen atoms in total. The Bertz CT molecular complexity index is 415. The fraction of sp³-hybridized carbons (Fsp3) is 0.846. The molecule has 3 atom stereocenters. The molecule has 1 fully saturated rings. The first kappa shape index (κ1) is 14.3. The van der Waals surface area contributed by atoms with E-state index in [4.69, 9.17) is 10.5 Å². The fourth-order valence-electron chi connectivity index (χ4n) is 2.48. The predicted octanol–water partition coefficient (Wildman–Crippen LogP) is 1.39. The smallest absolute Gasteiger partial charge is 0.245 e.